The summed E-state index contributed by atoms with van der Waals surface area (Å²) in [5.74, 6) is 0.707. The Morgan fingerprint density at radius 3 is 2.75 bits per heavy atom. The van der Waals surface area contributed by atoms with Gasteiger partial charge < -0.3 is 14.5 Å². The van der Waals surface area contributed by atoms with Crippen LogP contribution >= 0.6 is 15.9 Å². The smallest absolute Gasteiger partial charge is 0.262 e. The molecule has 0 bridgehead atoms. The lowest BCUT2D eigenvalue weighted by atomic mass is 10.2. The van der Waals surface area contributed by atoms with Crippen LogP contribution in [-0.2, 0) is 9.53 Å². The average Bonchev–Trinajstić information content (AvgIpc) is 3.05. The molecule has 1 aromatic carbocycles. The van der Waals surface area contributed by atoms with Gasteiger partial charge in [-0.25, -0.2) is 0 Å². The van der Waals surface area contributed by atoms with Gasteiger partial charge in [-0.1, -0.05) is 28.1 Å². The fourth-order valence-corrected chi connectivity index (χ4v) is 2.27. The van der Waals surface area contributed by atoms with E-state index in [0.29, 0.717) is 31.1 Å². The number of rotatable bonds is 7. The normalized spacial score (nSPS) is 11.1. The van der Waals surface area contributed by atoms with Crippen molar-refractivity contribution in [2.75, 3.05) is 20.3 Å². The molecule has 0 aliphatic heterocycles. The van der Waals surface area contributed by atoms with Gasteiger partial charge in [-0.2, -0.15) is 5.26 Å². The first-order chi connectivity index (χ1) is 11.6. The van der Waals surface area contributed by atoms with Crippen LogP contribution in [0.5, 0.6) is 0 Å². The van der Waals surface area contributed by atoms with Gasteiger partial charge in [0.15, 0.2) is 0 Å². The summed E-state index contributed by atoms with van der Waals surface area (Å²) in [5, 5.41) is 11.8. The van der Waals surface area contributed by atoms with E-state index < -0.39 is 5.91 Å². The van der Waals surface area contributed by atoms with E-state index in [0.717, 1.165) is 10.0 Å². The zero-order chi connectivity index (χ0) is 17.4. The zero-order valence-corrected chi connectivity index (χ0v) is 14.8. The number of methoxy groups -OCH3 is 1. The number of carbonyl (C=O) groups excluding carboxylic acids is 1. The highest BCUT2D eigenvalue weighted by Crippen LogP contribution is 2.24. The molecule has 0 spiro atoms. The number of benzene rings is 1. The quantitative estimate of drug-likeness (QED) is 0.445. The molecule has 0 atom stereocenters. The van der Waals surface area contributed by atoms with Crippen LogP contribution in [0.1, 0.15) is 12.2 Å². The number of carbonyl (C=O) groups is 1. The van der Waals surface area contributed by atoms with E-state index in [-0.39, 0.29) is 5.57 Å². The number of halogens is 1. The molecule has 0 radical (unpaired) electrons. The van der Waals surface area contributed by atoms with Gasteiger partial charge >= 0.3 is 0 Å². The number of ether oxygens (including phenoxy) is 1. The molecule has 2 rings (SSSR count). The lowest BCUT2D eigenvalue weighted by molar-refractivity contribution is -0.117. The molecular weight excluding hydrogens is 372 g/mol. The minimum Gasteiger partial charge on any atom is -0.457 e. The topological polar surface area (TPSA) is 75.3 Å². The molecule has 24 heavy (non-hydrogen) atoms. The Morgan fingerprint density at radius 1 is 1.33 bits per heavy atom. The Morgan fingerprint density at radius 2 is 2.08 bits per heavy atom. The molecule has 0 fully saturated rings. The summed E-state index contributed by atoms with van der Waals surface area (Å²) < 4.78 is 11.6. The lowest BCUT2D eigenvalue weighted by Crippen LogP contribution is -2.26. The number of nitrogens with one attached hydrogen (secondary N) is 1. The molecule has 124 valence electrons. The molecule has 5 nitrogen and oxygen atoms in total. The average molecular weight is 389 g/mol. The number of hydrogen-bond acceptors (Lipinski definition) is 4. The van der Waals surface area contributed by atoms with E-state index in [2.05, 4.69) is 21.2 Å². The van der Waals surface area contributed by atoms with Crippen molar-refractivity contribution in [3.05, 3.63) is 52.2 Å². The SMILES string of the molecule is COCCCNC(=O)/C(C#N)=C/c1ccc(-c2ccc(Br)cc2)o1. The maximum Gasteiger partial charge on any atom is 0.262 e. The monoisotopic (exact) mass is 388 g/mol. The Hall–Kier alpha value is -2.36. The highest BCUT2D eigenvalue weighted by Gasteiger charge is 2.10. The molecule has 1 N–H and O–H groups in total. The van der Waals surface area contributed by atoms with E-state index in [1.807, 2.05) is 30.3 Å². The molecule has 0 aliphatic carbocycles. The molecule has 0 aliphatic rings. The second-order valence-electron chi connectivity index (χ2n) is 4.98. The number of hydrogen-bond donors (Lipinski definition) is 1. The molecule has 0 saturated carbocycles. The molecule has 1 amide bonds. The van der Waals surface area contributed by atoms with Gasteiger partial charge in [0.2, 0.25) is 0 Å². The van der Waals surface area contributed by atoms with Gasteiger partial charge in [-0.15, -0.1) is 0 Å². The van der Waals surface area contributed by atoms with Crippen molar-refractivity contribution >= 4 is 27.9 Å². The van der Waals surface area contributed by atoms with Crippen LogP contribution in [0.3, 0.4) is 0 Å². The van der Waals surface area contributed by atoms with Crippen LogP contribution in [0, 0.1) is 11.3 Å². The predicted octanol–water partition coefficient (Wildman–Crippen LogP) is 3.77. The van der Waals surface area contributed by atoms with Crippen molar-refractivity contribution in [3.8, 4) is 17.4 Å². The minimum atomic E-state index is -0.421. The Labute approximate surface area is 149 Å². The summed E-state index contributed by atoms with van der Waals surface area (Å²) in [7, 11) is 1.60. The van der Waals surface area contributed by atoms with Gasteiger partial charge in [0.05, 0.1) is 0 Å². The van der Waals surface area contributed by atoms with Crippen LogP contribution < -0.4 is 5.32 Å². The molecule has 1 aromatic heterocycles. The van der Waals surface area contributed by atoms with Crippen molar-refractivity contribution in [2.24, 2.45) is 0 Å². The summed E-state index contributed by atoms with van der Waals surface area (Å²) in [4.78, 5) is 12.0. The number of furan rings is 1. The standard InChI is InChI=1S/C18H17BrN2O3/c1-23-10-2-9-21-18(22)14(12-20)11-16-7-8-17(24-16)13-3-5-15(19)6-4-13/h3-8,11H,2,9-10H2,1H3,(H,21,22)/b14-11+. The number of nitrogens with zero attached hydrogens (tertiary/aromatic N) is 1. The first-order valence-corrected chi connectivity index (χ1v) is 8.18. The third-order valence-corrected chi connectivity index (χ3v) is 3.75. The van der Waals surface area contributed by atoms with Crippen molar-refractivity contribution in [3.63, 3.8) is 0 Å². The maximum absolute atomic E-state index is 12.0. The molecule has 6 heteroatoms. The van der Waals surface area contributed by atoms with E-state index in [4.69, 9.17) is 14.4 Å². The highest BCUT2D eigenvalue weighted by molar-refractivity contribution is 9.10. The maximum atomic E-state index is 12.0. The van der Waals surface area contributed by atoms with Crippen LogP contribution in [-0.4, -0.2) is 26.2 Å². The van der Waals surface area contributed by atoms with Crippen molar-refractivity contribution in [2.45, 2.75) is 6.42 Å². The van der Waals surface area contributed by atoms with E-state index in [1.165, 1.54) is 6.08 Å². The summed E-state index contributed by atoms with van der Waals surface area (Å²) in [6.07, 6.45) is 2.13. The molecule has 0 saturated heterocycles. The van der Waals surface area contributed by atoms with Crippen molar-refractivity contribution in [1.82, 2.24) is 5.32 Å². The van der Waals surface area contributed by atoms with Gasteiger partial charge in [0.1, 0.15) is 23.2 Å². The third kappa shape index (κ3) is 5.08. The van der Waals surface area contributed by atoms with E-state index in [1.54, 1.807) is 19.2 Å². The molecular formula is C18H17BrN2O3. The second kappa shape index (κ2) is 9.06. The largest absolute Gasteiger partial charge is 0.457 e. The van der Waals surface area contributed by atoms with Crippen LogP contribution in [0.2, 0.25) is 0 Å². The van der Waals surface area contributed by atoms with E-state index in [9.17, 15) is 4.79 Å². The number of amides is 1. The highest BCUT2D eigenvalue weighted by atomic mass is 79.9. The first-order valence-electron chi connectivity index (χ1n) is 7.38. The summed E-state index contributed by atoms with van der Waals surface area (Å²) in [6, 6.07) is 13.1. The molecule has 1 heterocycles. The number of nitriles is 1. The van der Waals surface area contributed by atoms with Gasteiger partial charge in [-0.3, -0.25) is 4.79 Å². The molecule has 0 unspecified atom stereocenters. The first kappa shape index (κ1) is 18.0. The van der Waals surface area contributed by atoms with Crippen molar-refractivity contribution in [1.29, 1.82) is 5.26 Å². The Bertz CT molecular complexity index is 757. The Kier molecular flexibility index (Phi) is 6.79. The van der Waals surface area contributed by atoms with Gasteiger partial charge in [0.25, 0.3) is 5.91 Å². The van der Waals surface area contributed by atoms with E-state index >= 15 is 0 Å². The minimum absolute atomic E-state index is 0.00382. The van der Waals surface area contributed by atoms with Crippen LogP contribution in [0.4, 0.5) is 0 Å². The predicted molar refractivity (Wildman–Crippen MR) is 94.9 cm³/mol. The second-order valence-corrected chi connectivity index (χ2v) is 5.90. The summed E-state index contributed by atoms with van der Waals surface area (Å²) in [6.45, 7) is 1.01. The van der Waals surface area contributed by atoms with Gasteiger partial charge in [-0.05, 0) is 30.7 Å². The lowest BCUT2D eigenvalue weighted by Gasteiger charge is -2.03. The third-order valence-electron chi connectivity index (χ3n) is 3.22. The fraction of sp³-hybridized carbons (Fsp3) is 0.222. The Balaban J connectivity index is 2.07. The van der Waals surface area contributed by atoms with Gasteiger partial charge in [0, 0.05) is 36.4 Å². The molecule has 2 aromatic rings. The van der Waals surface area contributed by atoms with Crippen LogP contribution in [0.15, 0.2) is 50.9 Å². The van der Waals surface area contributed by atoms with Crippen LogP contribution in [0.25, 0.3) is 17.4 Å². The summed E-state index contributed by atoms with van der Waals surface area (Å²) >= 11 is 3.38. The van der Waals surface area contributed by atoms with Crippen molar-refractivity contribution < 1.29 is 13.9 Å². The fourth-order valence-electron chi connectivity index (χ4n) is 2.00. The zero-order valence-electron chi connectivity index (χ0n) is 13.2. The summed E-state index contributed by atoms with van der Waals surface area (Å²) in [5.41, 5.74) is 0.921.